The van der Waals surface area contributed by atoms with Crippen LogP contribution in [0, 0.1) is 10.1 Å². The van der Waals surface area contributed by atoms with Crippen LogP contribution in [0.25, 0.3) is 10.2 Å². The van der Waals surface area contributed by atoms with Crippen molar-refractivity contribution < 1.29 is 27.6 Å². The molecule has 1 unspecified atom stereocenters. The molecular formula is C20H20N4O7S2. The zero-order valence-electron chi connectivity index (χ0n) is 17.7. The smallest absolute Gasteiger partial charge is 0.270 e. The van der Waals surface area contributed by atoms with Crippen molar-refractivity contribution in [3.05, 3.63) is 46.5 Å². The zero-order chi connectivity index (χ0) is 23.8. The van der Waals surface area contributed by atoms with Crippen LogP contribution in [-0.2, 0) is 14.8 Å². The summed E-state index contributed by atoms with van der Waals surface area (Å²) in [6.45, 7) is 0.195. The third-order valence-corrected chi connectivity index (χ3v) is 8.12. The molecule has 1 fully saturated rings. The number of nitro groups is 1. The van der Waals surface area contributed by atoms with Crippen molar-refractivity contribution in [3.8, 4) is 11.5 Å². The van der Waals surface area contributed by atoms with Crippen LogP contribution >= 0.6 is 11.3 Å². The van der Waals surface area contributed by atoms with Gasteiger partial charge < -0.3 is 14.8 Å². The second-order valence-electron chi connectivity index (χ2n) is 7.21. The van der Waals surface area contributed by atoms with Crippen LogP contribution in [0.4, 0.5) is 10.8 Å². The van der Waals surface area contributed by atoms with Crippen molar-refractivity contribution in [3.63, 3.8) is 0 Å². The number of rotatable bonds is 7. The Hall–Kier alpha value is -3.29. The van der Waals surface area contributed by atoms with Crippen molar-refractivity contribution in [2.75, 3.05) is 26.1 Å². The van der Waals surface area contributed by atoms with Crippen molar-refractivity contribution in [1.82, 2.24) is 9.29 Å². The molecule has 0 bridgehead atoms. The van der Waals surface area contributed by atoms with Crippen molar-refractivity contribution in [2.45, 2.75) is 23.8 Å². The summed E-state index contributed by atoms with van der Waals surface area (Å²) in [5.41, 5.74) is 0.425. The van der Waals surface area contributed by atoms with Gasteiger partial charge >= 0.3 is 0 Å². The highest BCUT2D eigenvalue weighted by atomic mass is 32.2. The number of hydrogen-bond donors (Lipinski definition) is 1. The molecule has 33 heavy (non-hydrogen) atoms. The fraction of sp³-hybridized carbons (Fsp3) is 0.300. The van der Waals surface area contributed by atoms with Crippen LogP contribution in [0.3, 0.4) is 0 Å². The van der Waals surface area contributed by atoms with Crippen molar-refractivity contribution in [2.24, 2.45) is 0 Å². The van der Waals surface area contributed by atoms with Gasteiger partial charge in [-0.1, -0.05) is 11.3 Å². The van der Waals surface area contributed by atoms with E-state index in [1.165, 1.54) is 54.9 Å². The lowest BCUT2D eigenvalue weighted by molar-refractivity contribution is -0.384. The second kappa shape index (κ2) is 8.92. The molecule has 2 aromatic carbocycles. The molecule has 2 heterocycles. The number of fused-ring (bicyclic) bond motifs is 1. The first-order valence-electron chi connectivity index (χ1n) is 9.84. The summed E-state index contributed by atoms with van der Waals surface area (Å²) >= 11 is 1.08. The van der Waals surface area contributed by atoms with Gasteiger partial charge in [-0.3, -0.25) is 14.9 Å². The van der Waals surface area contributed by atoms with Gasteiger partial charge in [-0.25, -0.2) is 13.4 Å². The predicted octanol–water partition coefficient (Wildman–Crippen LogP) is 3.01. The van der Waals surface area contributed by atoms with E-state index in [4.69, 9.17) is 9.47 Å². The molecule has 0 spiro atoms. The fourth-order valence-corrected chi connectivity index (χ4v) is 6.25. The number of thiazole rings is 1. The number of carbonyl (C=O) groups excluding carboxylic acids is 1. The summed E-state index contributed by atoms with van der Waals surface area (Å²) < 4.78 is 38.6. The van der Waals surface area contributed by atoms with E-state index in [0.717, 1.165) is 11.3 Å². The number of hydrogen-bond acceptors (Lipinski definition) is 9. The third kappa shape index (κ3) is 4.34. The summed E-state index contributed by atoms with van der Waals surface area (Å²) in [6.07, 6.45) is 0.880. The normalized spacial score (nSPS) is 16.6. The molecular weight excluding hydrogens is 472 g/mol. The molecule has 3 aromatic rings. The Morgan fingerprint density at radius 1 is 1.21 bits per heavy atom. The lowest BCUT2D eigenvalue weighted by Gasteiger charge is -2.23. The maximum atomic E-state index is 13.3. The molecule has 1 aliphatic rings. The average molecular weight is 493 g/mol. The highest BCUT2D eigenvalue weighted by molar-refractivity contribution is 7.89. The average Bonchev–Trinajstić information content (AvgIpc) is 3.45. The fourth-order valence-electron chi connectivity index (χ4n) is 3.67. The van der Waals surface area contributed by atoms with E-state index in [1.54, 1.807) is 0 Å². The van der Waals surface area contributed by atoms with E-state index < -0.39 is 26.9 Å². The monoisotopic (exact) mass is 492 g/mol. The van der Waals surface area contributed by atoms with E-state index in [2.05, 4.69) is 10.3 Å². The number of amides is 1. The maximum Gasteiger partial charge on any atom is 0.270 e. The first kappa shape index (κ1) is 22.9. The van der Waals surface area contributed by atoms with E-state index >= 15 is 0 Å². The van der Waals surface area contributed by atoms with Gasteiger partial charge in [0, 0.05) is 24.7 Å². The summed E-state index contributed by atoms with van der Waals surface area (Å²) in [5, 5.41) is 13.9. The highest BCUT2D eigenvalue weighted by Crippen LogP contribution is 2.34. The molecule has 1 aliphatic heterocycles. The summed E-state index contributed by atoms with van der Waals surface area (Å²) in [7, 11) is -1.12. The zero-order valence-corrected chi connectivity index (χ0v) is 19.3. The SMILES string of the molecule is COc1ccc(S(=O)(=O)N2CCCC2C(=O)Nc2nc3ccc([N+](=O)[O-])cc3s2)cc1OC. The highest BCUT2D eigenvalue weighted by Gasteiger charge is 2.40. The number of nitro benzene ring substituents is 1. The number of sulfonamides is 1. The van der Waals surface area contributed by atoms with E-state index in [0.29, 0.717) is 28.8 Å². The number of methoxy groups -OCH3 is 2. The molecule has 11 nitrogen and oxygen atoms in total. The van der Waals surface area contributed by atoms with E-state index in [9.17, 15) is 23.3 Å². The number of carbonyl (C=O) groups is 1. The predicted molar refractivity (Wildman–Crippen MR) is 121 cm³/mol. The Kier molecular flexibility index (Phi) is 6.19. The quantitative estimate of drug-likeness (QED) is 0.392. The lowest BCUT2D eigenvalue weighted by Crippen LogP contribution is -2.43. The lowest BCUT2D eigenvalue weighted by atomic mass is 10.2. The van der Waals surface area contributed by atoms with Crippen LogP contribution in [0.15, 0.2) is 41.3 Å². The number of anilines is 1. The maximum absolute atomic E-state index is 13.3. The topological polar surface area (TPSA) is 141 Å². The van der Waals surface area contributed by atoms with Crippen molar-refractivity contribution >= 4 is 48.3 Å². The minimum atomic E-state index is -3.98. The van der Waals surface area contributed by atoms with Gasteiger partial charge in [0.1, 0.15) is 6.04 Å². The molecule has 1 atom stereocenters. The summed E-state index contributed by atoms with van der Waals surface area (Å²) in [5.74, 6) is 0.149. The van der Waals surface area contributed by atoms with Gasteiger partial charge in [0.25, 0.3) is 5.69 Å². The van der Waals surface area contributed by atoms with Crippen LogP contribution in [0.2, 0.25) is 0 Å². The third-order valence-electron chi connectivity index (χ3n) is 5.28. The van der Waals surface area contributed by atoms with Gasteiger partial charge in [0.2, 0.25) is 15.9 Å². The Labute approximate surface area is 193 Å². The molecule has 1 amide bonds. The first-order valence-corrected chi connectivity index (χ1v) is 12.1. The van der Waals surface area contributed by atoms with Gasteiger partial charge in [-0.05, 0) is 31.0 Å². The minimum absolute atomic E-state index is 0.00727. The Balaban J connectivity index is 1.57. The van der Waals surface area contributed by atoms with E-state index in [1.807, 2.05) is 0 Å². The van der Waals surface area contributed by atoms with Crippen molar-refractivity contribution in [1.29, 1.82) is 0 Å². The van der Waals surface area contributed by atoms with Crippen LogP contribution in [0.5, 0.6) is 11.5 Å². The van der Waals surface area contributed by atoms with Crippen LogP contribution in [-0.4, -0.2) is 55.3 Å². The molecule has 1 aromatic heterocycles. The number of ether oxygens (including phenoxy) is 2. The number of aromatic nitrogens is 1. The standard InChI is InChI=1S/C20H20N4O7S2/c1-30-16-8-6-13(11-17(16)31-2)33(28,29)23-9-3-4-15(23)19(25)22-20-21-14-7-5-12(24(26)27)10-18(14)32-20/h5-8,10-11,15H,3-4,9H2,1-2H3,(H,21,22,25). The minimum Gasteiger partial charge on any atom is -0.493 e. The number of benzene rings is 2. The Bertz CT molecular complexity index is 1340. The molecule has 174 valence electrons. The van der Waals surface area contributed by atoms with E-state index in [-0.39, 0.29) is 28.0 Å². The second-order valence-corrected chi connectivity index (χ2v) is 10.1. The largest absolute Gasteiger partial charge is 0.493 e. The van der Waals surface area contributed by atoms with Gasteiger partial charge in [0.05, 0.1) is 34.3 Å². The Morgan fingerprint density at radius 3 is 2.67 bits per heavy atom. The van der Waals surface area contributed by atoms with Gasteiger partial charge in [-0.15, -0.1) is 0 Å². The number of non-ortho nitro benzene ring substituents is 1. The molecule has 0 saturated carbocycles. The van der Waals surface area contributed by atoms with Gasteiger partial charge in [-0.2, -0.15) is 4.31 Å². The molecule has 1 N–H and O–H groups in total. The molecule has 0 aliphatic carbocycles. The van der Waals surface area contributed by atoms with Crippen LogP contribution < -0.4 is 14.8 Å². The summed E-state index contributed by atoms with van der Waals surface area (Å²) in [6, 6.07) is 7.57. The first-order chi connectivity index (χ1) is 15.7. The molecule has 4 rings (SSSR count). The number of nitrogens with zero attached hydrogens (tertiary/aromatic N) is 3. The molecule has 0 radical (unpaired) electrons. The Morgan fingerprint density at radius 2 is 1.97 bits per heavy atom. The van der Waals surface area contributed by atoms with Gasteiger partial charge in [0.15, 0.2) is 16.6 Å². The summed E-state index contributed by atoms with van der Waals surface area (Å²) in [4.78, 5) is 27.7. The molecule has 13 heteroatoms. The number of nitrogens with one attached hydrogen (secondary N) is 1. The van der Waals surface area contributed by atoms with Crippen LogP contribution in [0.1, 0.15) is 12.8 Å². The molecule has 1 saturated heterocycles.